The van der Waals surface area contributed by atoms with E-state index in [1.165, 1.54) is 6.07 Å². The second kappa shape index (κ2) is 3.62. The molecule has 2 aromatic rings. The molecule has 0 radical (unpaired) electrons. The number of H-pyrrole nitrogens is 1. The van der Waals surface area contributed by atoms with Gasteiger partial charge in [-0.05, 0) is 39.7 Å². The molecule has 0 saturated carbocycles. The minimum absolute atomic E-state index is 0.0643. The van der Waals surface area contributed by atoms with Gasteiger partial charge in [-0.25, -0.2) is 13.4 Å². The van der Waals surface area contributed by atoms with Crippen molar-refractivity contribution in [3.8, 4) is 0 Å². The van der Waals surface area contributed by atoms with Crippen molar-refractivity contribution < 1.29 is 8.42 Å². The fraction of sp³-hybridized carbons (Fsp3) is 0. The average Bonchev–Trinajstić information content (AvgIpc) is 2.45. The Balaban J connectivity index is 2.95. The number of hydrogen-bond donors (Lipinski definition) is 1. The van der Waals surface area contributed by atoms with Crippen molar-refractivity contribution in [1.29, 1.82) is 0 Å². The van der Waals surface area contributed by atoms with Crippen LogP contribution in [0.15, 0.2) is 21.5 Å². The monoisotopic (exact) mass is 328 g/mol. The van der Waals surface area contributed by atoms with E-state index in [2.05, 4.69) is 25.9 Å². The van der Waals surface area contributed by atoms with Crippen LogP contribution in [-0.2, 0) is 9.05 Å². The number of imidazole rings is 1. The van der Waals surface area contributed by atoms with E-state index in [1.807, 2.05) is 0 Å². The lowest BCUT2D eigenvalue weighted by Gasteiger charge is -1.98. The summed E-state index contributed by atoms with van der Waals surface area (Å²) in [6, 6.07) is 2.93. The van der Waals surface area contributed by atoms with E-state index in [1.54, 1.807) is 6.07 Å². The molecule has 2 rings (SSSR count). The first kappa shape index (κ1) is 11.2. The van der Waals surface area contributed by atoms with E-state index in [9.17, 15) is 8.42 Å². The molecule has 1 heterocycles. The highest BCUT2D eigenvalue weighted by atomic mass is 79.9. The molecule has 4 nitrogen and oxygen atoms in total. The number of aromatic amines is 1. The molecule has 0 atom stereocenters. The predicted molar refractivity (Wildman–Crippen MR) is 61.8 cm³/mol. The quantitative estimate of drug-likeness (QED) is 0.818. The molecule has 1 N–H and O–H groups in total. The molecule has 0 saturated heterocycles. The van der Waals surface area contributed by atoms with Gasteiger partial charge in [-0.3, -0.25) is 0 Å². The summed E-state index contributed by atoms with van der Waals surface area (Å²) in [5.41, 5.74) is 0.728. The molecule has 0 spiro atoms. The second-order valence-electron chi connectivity index (χ2n) is 2.73. The Morgan fingerprint density at radius 1 is 1.40 bits per heavy atom. The van der Waals surface area contributed by atoms with Gasteiger partial charge in [0.1, 0.15) is 10.4 Å². The number of aromatic nitrogens is 2. The largest absolute Gasteiger partial charge is 0.328 e. The maximum atomic E-state index is 11.2. The molecule has 0 bridgehead atoms. The number of halogens is 3. The van der Waals surface area contributed by atoms with Gasteiger partial charge in [0.05, 0.1) is 5.52 Å². The highest BCUT2D eigenvalue weighted by Crippen LogP contribution is 2.30. The van der Waals surface area contributed by atoms with Gasteiger partial charge in [-0.1, -0.05) is 0 Å². The minimum atomic E-state index is -3.82. The normalized spacial score (nSPS) is 12.2. The molecule has 0 aliphatic heterocycles. The molecule has 0 unspecified atom stereocenters. The number of fused-ring (bicyclic) bond motifs is 1. The maximum absolute atomic E-state index is 11.2. The predicted octanol–water partition coefficient (Wildman–Crippen LogP) is 2.91. The summed E-state index contributed by atoms with van der Waals surface area (Å²) in [4.78, 5) is 6.52. The van der Waals surface area contributed by atoms with Gasteiger partial charge in [0.15, 0.2) is 0 Å². The Morgan fingerprint density at radius 2 is 2.07 bits per heavy atom. The summed E-state index contributed by atoms with van der Waals surface area (Å²) >= 11 is 8.89. The average molecular weight is 330 g/mol. The second-order valence-corrected chi connectivity index (χ2v) is 6.48. The lowest BCUT2D eigenvalue weighted by atomic mass is 10.3. The maximum Gasteiger partial charge on any atom is 0.263 e. The minimum Gasteiger partial charge on any atom is -0.328 e. The van der Waals surface area contributed by atoms with Crippen molar-refractivity contribution in [3.63, 3.8) is 0 Å². The Kier molecular flexibility index (Phi) is 2.70. The number of nitrogens with one attached hydrogen (secondary N) is 1. The van der Waals surface area contributed by atoms with Crippen LogP contribution in [0.3, 0.4) is 0 Å². The van der Waals surface area contributed by atoms with Crippen LogP contribution in [0.5, 0.6) is 0 Å². The van der Waals surface area contributed by atoms with Crippen LogP contribution in [0, 0.1) is 0 Å². The molecule has 80 valence electrons. The summed E-state index contributed by atoms with van der Waals surface area (Å²) < 4.78 is 23.1. The Morgan fingerprint density at radius 3 is 2.67 bits per heavy atom. The molecular formula is C7H3BrCl2N2O2S. The molecule has 8 heteroatoms. The zero-order valence-electron chi connectivity index (χ0n) is 6.96. The van der Waals surface area contributed by atoms with Gasteiger partial charge in [0, 0.05) is 15.2 Å². The van der Waals surface area contributed by atoms with Crippen molar-refractivity contribution in [2.24, 2.45) is 0 Å². The van der Waals surface area contributed by atoms with Crippen LogP contribution in [0.25, 0.3) is 11.0 Å². The van der Waals surface area contributed by atoms with Gasteiger partial charge < -0.3 is 4.98 Å². The first-order valence-electron chi connectivity index (χ1n) is 3.68. The van der Waals surface area contributed by atoms with E-state index in [4.69, 9.17) is 22.3 Å². The summed E-state index contributed by atoms with van der Waals surface area (Å²) in [7, 11) is 1.44. The Bertz CT molecular complexity index is 638. The third kappa shape index (κ3) is 1.99. The number of rotatable bonds is 1. The molecule has 0 amide bonds. The number of benzene rings is 1. The van der Waals surface area contributed by atoms with Gasteiger partial charge in [-0.2, -0.15) is 0 Å². The lowest BCUT2D eigenvalue weighted by molar-refractivity contribution is 0.610. The zero-order chi connectivity index (χ0) is 11.2. The smallest absolute Gasteiger partial charge is 0.263 e. The SMILES string of the molecule is O=S(=O)(Cl)c1ccc(Br)c2[nH]c(Cl)nc12. The Hall–Kier alpha value is -0.300. The van der Waals surface area contributed by atoms with Crippen molar-refractivity contribution in [1.82, 2.24) is 9.97 Å². The molecule has 0 fully saturated rings. The molecule has 1 aromatic heterocycles. The highest BCUT2D eigenvalue weighted by molar-refractivity contribution is 9.10. The number of nitrogens with zero attached hydrogens (tertiary/aromatic N) is 1. The molecule has 1 aromatic carbocycles. The van der Waals surface area contributed by atoms with Crippen molar-refractivity contribution in [2.75, 3.05) is 0 Å². The highest BCUT2D eigenvalue weighted by Gasteiger charge is 2.18. The first-order chi connectivity index (χ1) is 6.89. The van der Waals surface area contributed by atoms with Gasteiger partial charge >= 0.3 is 0 Å². The fourth-order valence-electron chi connectivity index (χ4n) is 1.20. The van der Waals surface area contributed by atoms with Crippen molar-refractivity contribution in [3.05, 3.63) is 21.9 Å². The van der Waals surface area contributed by atoms with Crippen LogP contribution < -0.4 is 0 Å². The van der Waals surface area contributed by atoms with Crippen LogP contribution in [0.4, 0.5) is 0 Å². The molecular weight excluding hydrogens is 327 g/mol. The van der Waals surface area contributed by atoms with Crippen LogP contribution >= 0.6 is 38.2 Å². The van der Waals surface area contributed by atoms with E-state index in [-0.39, 0.29) is 15.7 Å². The fourth-order valence-corrected chi connectivity index (χ4v) is 2.78. The van der Waals surface area contributed by atoms with Gasteiger partial charge in [0.25, 0.3) is 9.05 Å². The standard InChI is InChI=1S/C7H3BrCl2N2O2S/c8-3-1-2-4(15(10,13)14)6-5(3)11-7(9)12-6/h1-2H,(H,11,12). The van der Waals surface area contributed by atoms with Gasteiger partial charge in [0.2, 0.25) is 5.28 Å². The zero-order valence-corrected chi connectivity index (χ0v) is 10.9. The molecule has 0 aliphatic carbocycles. The summed E-state index contributed by atoms with van der Waals surface area (Å²) in [6.45, 7) is 0. The van der Waals surface area contributed by atoms with Crippen molar-refractivity contribution >= 4 is 58.3 Å². The van der Waals surface area contributed by atoms with Gasteiger partial charge in [-0.15, -0.1) is 0 Å². The van der Waals surface area contributed by atoms with E-state index < -0.39 is 9.05 Å². The number of hydrogen-bond acceptors (Lipinski definition) is 3. The molecule has 0 aliphatic rings. The Labute approximate surface area is 103 Å². The first-order valence-corrected chi connectivity index (χ1v) is 7.16. The van der Waals surface area contributed by atoms with Crippen molar-refractivity contribution in [2.45, 2.75) is 4.90 Å². The topological polar surface area (TPSA) is 62.8 Å². The summed E-state index contributed by atoms with van der Waals surface area (Å²) in [5, 5.41) is 0.110. The third-order valence-electron chi connectivity index (χ3n) is 1.79. The van der Waals surface area contributed by atoms with Crippen LogP contribution in [0.1, 0.15) is 0 Å². The summed E-state index contributed by atoms with van der Waals surface area (Å²) in [6.07, 6.45) is 0. The molecule has 15 heavy (non-hydrogen) atoms. The van der Waals surface area contributed by atoms with E-state index >= 15 is 0 Å². The lowest BCUT2D eigenvalue weighted by Crippen LogP contribution is -1.92. The van der Waals surface area contributed by atoms with Crippen LogP contribution in [0.2, 0.25) is 5.28 Å². The third-order valence-corrected chi connectivity index (χ3v) is 3.98. The summed E-state index contributed by atoms with van der Waals surface area (Å²) in [5.74, 6) is 0. The van der Waals surface area contributed by atoms with E-state index in [0.29, 0.717) is 9.99 Å². The van der Waals surface area contributed by atoms with E-state index in [0.717, 1.165) is 0 Å². The van der Waals surface area contributed by atoms with Crippen LogP contribution in [-0.4, -0.2) is 18.4 Å².